The molecule has 1 saturated carbocycles. The highest BCUT2D eigenvalue weighted by molar-refractivity contribution is 6.74. The van der Waals surface area contributed by atoms with E-state index in [1.165, 1.54) is 31.9 Å². The summed E-state index contributed by atoms with van der Waals surface area (Å²) < 4.78 is 18.4. The number of methoxy groups -OCH3 is 1. The van der Waals surface area contributed by atoms with Crippen molar-refractivity contribution in [3.8, 4) is 0 Å². The molecule has 2 fully saturated rings. The van der Waals surface area contributed by atoms with Crippen LogP contribution in [0.3, 0.4) is 0 Å². The molecular formula is C34H58O4Si. The van der Waals surface area contributed by atoms with E-state index in [-0.39, 0.29) is 29.1 Å². The van der Waals surface area contributed by atoms with E-state index in [0.29, 0.717) is 23.7 Å². The molecule has 0 aromatic heterocycles. The Hall–Kier alpha value is -1.17. The van der Waals surface area contributed by atoms with Gasteiger partial charge in [-0.25, -0.2) is 0 Å². The summed E-state index contributed by atoms with van der Waals surface area (Å²) in [5.41, 5.74) is 1.32. The first-order valence-electron chi connectivity index (χ1n) is 15.8. The molecule has 0 aromatic carbocycles. The van der Waals surface area contributed by atoms with Gasteiger partial charge in [-0.2, -0.15) is 0 Å². The number of esters is 1. The molecule has 0 spiro atoms. The van der Waals surface area contributed by atoms with Gasteiger partial charge in [-0.3, -0.25) is 4.79 Å². The van der Waals surface area contributed by atoms with E-state index >= 15 is 0 Å². The van der Waals surface area contributed by atoms with Crippen LogP contribution in [0.1, 0.15) is 87.0 Å². The maximum atomic E-state index is 12.2. The molecule has 1 aliphatic heterocycles. The summed E-state index contributed by atoms with van der Waals surface area (Å²) in [5, 5.41) is 0.225. The summed E-state index contributed by atoms with van der Waals surface area (Å²) in [6, 6.07) is 0. The molecule has 1 saturated heterocycles. The second-order valence-corrected chi connectivity index (χ2v) is 18.9. The minimum absolute atomic E-state index is 0.0506. The summed E-state index contributed by atoms with van der Waals surface area (Å²) in [6.07, 6.45) is 18.9. The summed E-state index contributed by atoms with van der Waals surface area (Å²) in [6.45, 7) is 21.4. The minimum atomic E-state index is -1.81. The van der Waals surface area contributed by atoms with Gasteiger partial charge >= 0.3 is 5.97 Å². The normalized spacial score (nSPS) is 34.8. The van der Waals surface area contributed by atoms with Crippen molar-refractivity contribution in [1.29, 1.82) is 0 Å². The zero-order chi connectivity index (χ0) is 29.0. The first-order chi connectivity index (χ1) is 18.3. The SMILES string of the molecule is CC/C(=C\C=C\[C@@H]1C=C[C@@H]2[C@@H](CC)CC[C@H]2[C@@H]1CO[Si](C)(C)C(C)(C)C)[C@@H]1O[C@@H]([C@@H](C)C(=O)OC)CC[C@@H]1C. The number of hydrogen-bond acceptors (Lipinski definition) is 4. The number of rotatable bonds is 10. The van der Waals surface area contributed by atoms with Crippen LogP contribution in [0, 0.1) is 41.4 Å². The van der Waals surface area contributed by atoms with Crippen molar-refractivity contribution in [3.63, 3.8) is 0 Å². The van der Waals surface area contributed by atoms with E-state index in [4.69, 9.17) is 13.9 Å². The highest BCUT2D eigenvalue weighted by Gasteiger charge is 2.44. The van der Waals surface area contributed by atoms with Gasteiger partial charge in [0.1, 0.15) is 0 Å². The molecule has 3 rings (SSSR count). The molecule has 3 aliphatic rings. The molecular weight excluding hydrogens is 500 g/mol. The molecule has 0 aromatic rings. The van der Waals surface area contributed by atoms with Crippen molar-refractivity contribution in [1.82, 2.24) is 0 Å². The molecule has 1 heterocycles. The molecule has 39 heavy (non-hydrogen) atoms. The van der Waals surface area contributed by atoms with Crippen molar-refractivity contribution in [2.24, 2.45) is 41.4 Å². The predicted octanol–water partition coefficient (Wildman–Crippen LogP) is 8.75. The Morgan fingerprint density at radius 2 is 1.85 bits per heavy atom. The third kappa shape index (κ3) is 7.57. The zero-order valence-corrected chi connectivity index (χ0v) is 27.7. The van der Waals surface area contributed by atoms with Crippen LogP contribution in [-0.4, -0.2) is 40.2 Å². The Morgan fingerprint density at radius 1 is 1.13 bits per heavy atom. The number of ether oxygens (including phenoxy) is 2. The second-order valence-electron chi connectivity index (χ2n) is 14.1. The monoisotopic (exact) mass is 558 g/mol. The van der Waals surface area contributed by atoms with Gasteiger partial charge < -0.3 is 13.9 Å². The van der Waals surface area contributed by atoms with Crippen molar-refractivity contribution in [3.05, 3.63) is 36.0 Å². The topological polar surface area (TPSA) is 44.8 Å². The fraction of sp³-hybridized carbons (Fsp3) is 0.794. The van der Waals surface area contributed by atoms with Crippen LogP contribution < -0.4 is 0 Å². The lowest BCUT2D eigenvalue weighted by molar-refractivity contribution is -0.156. The second kappa shape index (κ2) is 13.7. The summed E-state index contributed by atoms with van der Waals surface area (Å²) in [5.74, 6) is 3.21. The highest BCUT2D eigenvalue weighted by Crippen LogP contribution is 2.50. The molecule has 0 bridgehead atoms. The van der Waals surface area contributed by atoms with Gasteiger partial charge in [-0.15, -0.1) is 0 Å². The fourth-order valence-corrected chi connectivity index (χ4v) is 7.95. The molecule has 0 amide bonds. The Kier molecular flexibility index (Phi) is 11.3. The molecule has 9 atom stereocenters. The predicted molar refractivity (Wildman–Crippen MR) is 165 cm³/mol. The van der Waals surface area contributed by atoms with Gasteiger partial charge in [-0.05, 0) is 92.3 Å². The smallest absolute Gasteiger partial charge is 0.311 e. The number of carbonyl (C=O) groups excluding carboxylic acids is 1. The quantitative estimate of drug-likeness (QED) is 0.116. The van der Waals surface area contributed by atoms with Crippen molar-refractivity contribution in [2.45, 2.75) is 117 Å². The Bertz CT molecular complexity index is 897. The van der Waals surface area contributed by atoms with Crippen LogP contribution in [0.5, 0.6) is 0 Å². The van der Waals surface area contributed by atoms with Crippen molar-refractivity contribution in [2.75, 3.05) is 13.7 Å². The lowest BCUT2D eigenvalue weighted by Crippen LogP contribution is -2.44. The lowest BCUT2D eigenvalue weighted by Gasteiger charge is -2.41. The van der Waals surface area contributed by atoms with Gasteiger partial charge in [0, 0.05) is 12.5 Å². The van der Waals surface area contributed by atoms with Crippen LogP contribution in [-0.2, 0) is 18.7 Å². The van der Waals surface area contributed by atoms with Gasteiger partial charge in [-0.1, -0.05) is 78.3 Å². The summed E-state index contributed by atoms with van der Waals surface area (Å²) in [7, 11) is -0.347. The Balaban J connectivity index is 1.79. The van der Waals surface area contributed by atoms with E-state index in [1.54, 1.807) is 0 Å². The van der Waals surface area contributed by atoms with Crippen molar-refractivity contribution >= 4 is 14.3 Å². The number of allylic oxidation sites excluding steroid dienone is 5. The lowest BCUT2D eigenvalue weighted by atomic mass is 9.70. The maximum Gasteiger partial charge on any atom is 0.311 e. The van der Waals surface area contributed by atoms with Crippen LogP contribution in [0.4, 0.5) is 0 Å². The van der Waals surface area contributed by atoms with Gasteiger partial charge in [0.15, 0.2) is 8.32 Å². The standard InChI is InChI=1S/C34H58O4Si/c1-11-25-17-20-29-28(25)19-18-27(30(29)22-37-39(9,10)34(5,6)7)15-13-14-26(12-2)32-23(3)16-21-31(38-32)24(4)33(35)36-8/h13-15,18-19,23-25,27-32H,11-12,16-17,20-22H2,1-10H3/b15-13+,26-14+/t23-,24+,25-,27+,28+,29+,30+,31+,32+/m0/s1. The third-order valence-corrected chi connectivity index (χ3v) is 15.3. The highest BCUT2D eigenvalue weighted by atomic mass is 28.4. The van der Waals surface area contributed by atoms with E-state index in [2.05, 4.69) is 85.0 Å². The Labute approximate surface area is 241 Å². The van der Waals surface area contributed by atoms with Gasteiger partial charge in [0.2, 0.25) is 0 Å². The molecule has 222 valence electrons. The molecule has 0 N–H and O–H groups in total. The molecule has 0 radical (unpaired) electrons. The first kappa shape index (κ1) is 32.3. The van der Waals surface area contributed by atoms with E-state index < -0.39 is 8.32 Å². The number of carbonyl (C=O) groups is 1. The van der Waals surface area contributed by atoms with Gasteiger partial charge in [0.05, 0.1) is 25.2 Å². The fourth-order valence-electron chi connectivity index (χ4n) is 6.91. The maximum absolute atomic E-state index is 12.2. The van der Waals surface area contributed by atoms with E-state index in [9.17, 15) is 4.79 Å². The average Bonchev–Trinajstić information content (AvgIpc) is 3.32. The molecule has 0 unspecified atom stereocenters. The number of fused-ring (bicyclic) bond motifs is 1. The summed E-state index contributed by atoms with van der Waals surface area (Å²) >= 11 is 0. The molecule has 2 aliphatic carbocycles. The number of hydrogen-bond donors (Lipinski definition) is 0. The molecule has 5 heteroatoms. The zero-order valence-electron chi connectivity index (χ0n) is 26.7. The molecule has 4 nitrogen and oxygen atoms in total. The largest absolute Gasteiger partial charge is 0.469 e. The first-order valence-corrected chi connectivity index (χ1v) is 18.7. The minimum Gasteiger partial charge on any atom is -0.469 e. The van der Waals surface area contributed by atoms with E-state index in [1.807, 2.05) is 6.92 Å². The Morgan fingerprint density at radius 3 is 2.46 bits per heavy atom. The van der Waals surface area contributed by atoms with Crippen LogP contribution in [0.25, 0.3) is 0 Å². The average molecular weight is 559 g/mol. The summed E-state index contributed by atoms with van der Waals surface area (Å²) in [4.78, 5) is 12.2. The van der Waals surface area contributed by atoms with Crippen LogP contribution >= 0.6 is 0 Å². The van der Waals surface area contributed by atoms with Gasteiger partial charge in [0.25, 0.3) is 0 Å². The van der Waals surface area contributed by atoms with Crippen molar-refractivity contribution < 1.29 is 18.7 Å². The van der Waals surface area contributed by atoms with Crippen LogP contribution in [0.15, 0.2) is 36.0 Å². The van der Waals surface area contributed by atoms with Crippen LogP contribution in [0.2, 0.25) is 18.1 Å². The third-order valence-electron chi connectivity index (χ3n) is 10.8. The van der Waals surface area contributed by atoms with E-state index in [0.717, 1.165) is 37.7 Å².